The molecule has 2 unspecified atom stereocenters. The van der Waals surface area contributed by atoms with Gasteiger partial charge >= 0.3 is 0 Å². The largest absolute Gasteiger partial charge is 0.338 e. The number of aromatic nitrogens is 5. The zero-order chi connectivity index (χ0) is 15.7. The highest BCUT2D eigenvalue weighted by molar-refractivity contribution is 4.95. The van der Waals surface area contributed by atoms with Gasteiger partial charge in [-0.1, -0.05) is 11.6 Å². The van der Waals surface area contributed by atoms with E-state index in [4.69, 9.17) is 4.52 Å². The lowest BCUT2D eigenvalue weighted by Crippen LogP contribution is -2.43. The van der Waals surface area contributed by atoms with E-state index in [0.29, 0.717) is 17.8 Å². The van der Waals surface area contributed by atoms with Gasteiger partial charge < -0.3 is 4.52 Å². The minimum atomic E-state index is 0.136. The van der Waals surface area contributed by atoms with Gasteiger partial charge in [-0.05, 0) is 47.1 Å². The molecule has 0 N–H and O–H groups in total. The molecule has 1 saturated heterocycles. The third-order valence-corrected chi connectivity index (χ3v) is 4.42. The summed E-state index contributed by atoms with van der Waals surface area (Å²) < 4.78 is 7.39. The molecule has 2 aromatic rings. The normalized spacial score (nSPS) is 21.2. The molecule has 3 rings (SSSR count). The first kappa shape index (κ1) is 15.1. The minimum Gasteiger partial charge on any atom is -0.338 e. The third-order valence-electron chi connectivity index (χ3n) is 4.42. The molecule has 7 heteroatoms. The Hall–Kier alpha value is -1.76. The van der Waals surface area contributed by atoms with E-state index in [1.807, 2.05) is 25.5 Å². The van der Waals surface area contributed by atoms with Gasteiger partial charge in [0.05, 0.1) is 12.6 Å². The van der Waals surface area contributed by atoms with Gasteiger partial charge in [-0.15, -0.1) is 0 Å². The maximum atomic E-state index is 5.37. The number of piperidine rings is 1. The topological polar surface area (TPSA) is 72.9 Å². The smallest absolute Gasteiger partial charge is 0.243 e. The van der Waals surface area contributed by atoms with Crippen molar-refractivity contribution in [3.63, 3.8) is 0 Å². The monoisotopic (exact) mass is 304 g/mol. The summed E-state index contributed by atoms with van der Waals surface area (Å²) in [5.74, 6) is 3.21. The number of nitrogens with zero attached hydrogens (tertiary/aromatic N) is 6. The van der Waals surface area contributed by atoms with Gasteiger partial charge in [-0.3, -0.25) is 4.90 Å². The van der Waals surface area contributed by atoms with Crippen LogP contribution in [0.5, 0.6) is 0 Å². The molecule has 0 amide bonds. The van der Waals surface area contributed by atoms with Crippen LogP contribution < -0.4 is 0 Å². The molecular formula is C15H24N6O. The van der Waals surface area contributed by atoms with Gasteiger partial charge in [0, 0.05) is 6.04 Å². The van der Waals surface area contributed by atoms with Crippen LogP contribution in [0.4, 0.5) is 0 Å². The predicted octanol–water partition coefficient (Wildman–Crippen LogP) is 2.20. The molecule has 1 aliphatic rings. The van der Waals surface area contributed by atoms with Crippen LogP contribution in [0, 0.1) is 20.8 Å². The first-order chi connectivity index (χ1) is 10.5. The van der Waals surface area contributed by atoms with Crippen molar-refractivity contribution in [1.29, 1.82) is 0 Å². The van der Waals surface area contributed by atoms with Crippen molar-refractivity contribution in [2.45, 2.75) is 65.6 Å². The zero-order valence-electron chi connectivity index (χ0n) is 13.8. The lowest BCUT2D eigenvalue weighted by atomic mass is 10.00. The van der Waals surface area contributed by atoms with E-state index in [2.05, 4.69) is 32.0 Å². The molecule has 0 aromatic carbocycles. The van der Waals surface area contributed by atoms with E-state index in [1.165, 1.54) is 12.8 Å². The molecule has 0 spiro atoms. The molecular weight excluding hydrogens is 280 g/mol. The summed E-state index contributed by atoms with van der Waals surface area (Å²) in [6, 6.07) is 0.562. The number of rotatable bonds is 4. The summed E-state index contributed by atoms with van der Waals surface area (Å²) in [4.78, 5) is 11.3. The van der Waals surface area contributed by atoms with Crippen molar-refractivity contribution >= 4 is 0 Å². The fourth-order valence-corrected chi connectivity index (χ4v) is 3.29. The first-order valence-corrected chi connectivity index (χ1v) is 7.98. The van der Waals surface area contributed by atoms with Crippen LogP contribution >= 0.6 is 0 Å². The lowest BCUT2D eigenvalue weighted by Gasteiger charge is -2.38. The minimum absolute atomic E-state index is 0.136. The Bertz CT molecular complexity index is 634. The quantitative estimate of drug-likeness (QED) is 0.862. The average molecular weight is 304 g/mol. The molecule has 1 fully saturated rings. The molecule has 3 heterocycles. The molecule has 0 radical (unpaired) electrons. The predicted molar refractivity (Wildman–Crippen MR) is 81.3 cm³/mol. The summed E-state index contributed by atoms with van der Waals surface area (Å²) >= 11 is 0. The Kier molecular flexibility index (Phi) is 4.24. The third kappa shape index (κ3) is 3.04. The summed E-state index contributed by atoms with van der Waals surface area (Å²) in [5.41, 5.74) is 0. The molecule has 7 nitrogen and oxygen atoms in total. The molecule has 0 bridgehead atoms. The summed E-state index contributed by atoms with van der Waals surface area (Å²) in [5, 5.41) is 8.42. The van der Waals surface area contributed by atoms with Gasteiger partial charge in [0.25, 0.3) is 0 Å². The Morgan fingerprint density at radius 1 is 1.18 bits per heavy atom. The fraction of sp³-hybridized carbons (Fsp3) is 0.733. The fourth-order valence-electron chi connectivity index (χ4n) is 3.29. The standard InChI is InChI=1S/C15H24N6O/c1-10(15-17-12(3)19-22-15)20-8-6-5-7-14(20)9-21-13(4)16-11(2)18-21/h10,14H,5-9H2,1-4H3. The van der Waals surface area contributed by atoms with Gasteiger partial charge in [0.15, 0.2) is 5.82 Å². The molecule has 22 heavy (non-hydrogen) atoms. The van der Waals surface area contributed by atoms with Crippen molar-refractivity contribution < 1.29 is 4.52 Å². The molecule has 0 saturated carbocycles. The van der Waals surface area contributed by atoms with Gasteiger partial charge in [0.2, 0.25) is 5.89 Å². The van der Waals surface area contributed by atoms with E-state index in [1.54, 1.807) is 0 Å². The Balaban J connectivity index is 1.77. The summed E-state index contributed by atoms with van der Waals surface area (Å²) in [7, 11) is 0. The van der Waals surface area contributed by atoms with Crippen molar-refractivity contribution in [3.05, 3.63) is 23.4 Å². The highest BCUT2D eigenvalue weighted by Gasteiger charge is 2.30. The van der Waals surface area contributed by atoms with E-state index >= 15 is 0 Å². The van der Waals surface area contributed by atoms with E-state index in [-0.39, 0.29) is 6.04 Å². The van der Waals surface area contributed by atoms with Crippen LogP contribution in [0.3, 0.4) is 0 Å². The number of hydrogen-bond donors (Lipinski definition) is 0. The van der Waals surface area contributed by atoms with Gasteiger partial charge in [-0.25, -0.2) is 9.67 Å². The number of aryl methyl sites for hydroxylation is 3. The van der Waals surface area contributed by atoms with E-state index < -0.39 is 0 Å². The molecule has 2 atom stereocenters. The maximum Gasteiger partial charge on any atom is 0.243 e. The van der Waals surface area contributed by atoms with Crippen molar-refractivity contribution in [2.75, 3.05) is 6.54 Å². The Morgan fingerprint density at radius 2 is 2.00 bits per heavy atom. The molecule has 2 aromatic heterocycles. The van der Waals surface area contributed by atoms with Crippen molar-refractivity contribution in [1.82, 2.24) is 29.8 Å². The van der Waals surface area contributed by atoms with Crippen LogP contribution in [0.15, 0.2) is 4.52 Å². The SMILES string of the molecule is Cc1noc(C(C)N2CCCCC2Cn2nc(C)nc2C)n1. The van der Waals surface area contributed by atoms with Gasteiger partial charge in [-0.2, -0.15) is 10.1 Å². The average Bonchev–Trinajstić information content (AvgIpc) is 3.05. The van der Waals surface area contributed by atoms with Crippen LogP contribution in [0.1, 0.15) is 55.6 Å². The number of likely N-dealkylation sites (tertiary alicyclic amines) is 1. The highest BCUT2D eigenvalue weighted by atomic mass is 16.5. The van der Waals surface area contributed by atoms with Gasteiger partial charge in [0.1, 0.15) is 11.6 Å². The zero-order valence-corrected chi connectivity index (χ0v) is 13.8. The second-order valence-corrected chi connectivity index (χ2v) is 6.13. The summed E-state index contributed by atoms with van der Waals surface area (Å²) in [6.07, 6.45) is 3.63. The Labute approximate surface area is 130 Å². The van der Waals surface area contributed by atoms with E-state index in [9.17, 15) is 0 Å². The highest BCUT2D eigenvalue weighted by Crippen LogP contribution is 2.28. The summed E-state index contributed by atoms with van der Waals surface area (Å²) in [6.45, 7) is 9.87. The first-order valence-electron chi connectivity index (χ1n) is 7.98. The second-order valence-electron chi connectivity index (χ2n) is 6.13. The Morgan fingerprint density at radius 3 is 2.64 bits per heavy atom. The molecule has 0 aliphatic carbocycles. The molecule has 120 valence electrons. The van der Waals surface area contributed by atoms with Crippen molar-refractivity contribution in [3.8, 4) is 0 Å². The second kappa shape index (κ2) is 6.16. The van der Waals surface area contributed by atoms with Crippen LogP contribution in [0.25, 0.3) is 0 Å². The van der Waals surface area contributed by atoms with E-state index in [0.717, 1.165) is 31.2 Å². The van der Waals surface area contributed by atoms with Crippen LogP contribution in [0.2, 0.25) is 0 Å². The molecule has 1 aliphatic heterocycles. The van der Waals surface area contributed by atoms with Crippen molar-refractivity contribution in [2.24, 2.45) is 0 Å². The lowest BCUT2D eigenvalue weighted by molar-refractivity contribution is 0.0714. The van der Waals surface area contributed by atoms with Crippen LogP contribution in [-0.2, 0) is 6.54 Å². The number of hydrogen-bond acceptors (Lipinski definition) is 6. The van der Waals surface area contributed by atoms with Crippen LogP contribution in [-0.4, -0.2) is 42.4 Å². The maximum absolute atomic E-state index is 5.37.